The van der Waals surface area contributed by atoms with Gasteiger partial charge in [0.15, 0.2) is 9.84 Å². The van der Waals surface area contributed by atoms with Gasteiger partial charge >= 0.3 is 0 Å². The zero-order valence-corrected chi connectivity index (χ0v) is 12.2. The molecule has 1 aromatic heterocycles. The van der Waals surface area contributed by atoms with Crippen LogP contribution in [0.3, 0.4) is 0 Å². The van der Waals surface area contributed by atoms with Gasteiger partial charge in [-0.3, -0.25) is 4.68 Å². The molecule has 0 fully saturated rings. The molecule has 19 heavy (non-hydrogen) atoms. The van der Waals surface area contributed by atoms with Gasteiger partial charge in [0.1, 0.15) is 5.82 Å². The summed E-state index contributed by atoms with van der Waals surface area (Å²) in [5.74, 6) is 0.539. The summed E-state index contributed by atoms with van der Waals surface area (Å²) in [6.07, 6.45) is 1.20. The van der Waals surface area contributed by atoms with E-state index in [1.807, 2.05) is 13.8 Å². The highest BCUT2D eigenvalue weighted by Gasteiger charge is 2.15. The predicted octanol–water partition coefficient (Wildman–Crippen LogP) is 1.69. The zero-order valence-electron chi connectivity index (χ0n) is 11.4. The van der Waals surface area contributed by atoms with Crippen LogP contribution in [0.15, 0.2) is 23.1 Å². The number of nitrogen functional groups attached to an aromatic ring is 1. The van der Waals surface area contributed by atoms with E-state index >= 15 is 0 Å². The minimum absolute atomic E-state index is 0.301. The standard InChI is InChI=1S/C13H17N3O2S/c1-8-5-10(19(4,17)18)6-11(9(8)2)12-7-13(14)16(3)15-12/h5-7H,14H2,1-4H3. The fraction of sp³-hybridized carbons (Fsp3) is 0.308. The molecule has 0 aliphatic heterocycles. The third kappa shape index (κ3) is 2.49. The Hall–Kier alpha value is -1.82. The topological polar surface area (TPSA) is 78.0 Å². The summed E-state index contributed by atoms with van der Waals surface area (Å²) >= 11 is 0. The Kier molecular flexibility index (Phi) is 3.14. The van der Waals surface area contributed by atoms with Gasteiger partial charge in [-0.1, -0.05) is 0 Å². The van der Waals surface area contributed by atoms with Gasteiger partial charge in [0.05, 0.1) is 10.6 Å². The van der Waals surface area contributed by atoms with E-state index in [2.05, 4.69) is 5.10 Å². The second-order valence-electron chi connectivity index (χ2n) is 4.76. The molecule has 0 unspecified atom stereocenters. The van der Waals surface area contributed by atoms with Crippen LogP contribution in [0.1, 0.15) is 11.1 Å². The predicted molar refractivity (Wildman–Crippen MR) is 75.6 cm³/mol. The number of hydrogen-bond acceptors (Lipinski definition) is 4. The Morgan fingerprint density at radius 2 is 1.84 bits per heavy atom. The molecule has 1 aromatic carbocycles. The number of hydrogen-bond donors (Lipinski definition) is 1. The zero-order chi connectivity index (χ0) is 14.4. The fourth-order valence-electron chi connectivity index (χ4n) is 1.92. The van der Waals surface area contributed by atoms with Crippen molar-refractivity contribution >= 4 is 15.7 Å². The molecule has 0 atom stereocenters. The monoisotopic (exact) mass is 279 g/mol. The number of benzene rings is 1. The van der Waals surface area contributed by atoms with Gasteiger partial charge in [-0.05, 0) is 37.1 Å². The van der Waals surface area contributed by atoms with Crippen molar-refractivity contribution in [3.8, 4) is 11.3 Å². The summed E-state index contributed by atoms with van der Waals surface area (Å²) in [4.78, 5) is 0.301. The van der Waals surface area contributed by atoms with Crippen molar-refractivity contribution in [1.82, 2.24) is 9.78 Å². The summed E-state index contributed by atoms with van der Waals surface area (Å²) in [6.45, 7) is 3.83. The molecule has 0 radical (unpaired) electrons. The highest BCUT2D eigenvalue weighted by Crippen LogP contribution is 2.29. The van der Waals surface area contributed by atoms with E-state index < -0.39 is 9.84 Å². The van der Waals surface area contributed by atoms with E-state index in [9.17, 15) is 8.42 Å². The minimum atomic E-state index is -3.24. The molecule has 0 aliphatic carbocycles. The molecule has 6 heteroatoms. The van der Waals surface area contributed by atoms with Crippen LogP contribution in [0.5, 0.6) is 0 Å². The summed E-state index contributed by atoms with van der Waals surface area (Å²) in [5.41, 5.74) is 9.18. The maximum Gasteiger partial charge on any atom is 0.175 e. The van der Waals surface area contributed by atoms with Crippen LogP contribution >= 0.6 is 0 Å². The van der Waals surface area contributed by atoms with Crippen LogP contribution in [0, 0.1) is 13.8 Å². The molecule has 0 amide bonds. The van der Waals surface area contributed by atoms with Gasteiger partial charge in [-0.25, -0.2) is 8.42 Å². The lowest BCUT2D eigenvalue weighted by Crippen LogP contribution is -2.00. The number of aryl methyl sites for hydroxylation is 2. The van der Waals surface area contributed by atoms with Gasteiger partial charge in [0.25, 0.3) is 0 Å². The van der Waals surface area contributed by atoms with Gasteiger partial charge in [0.2, 0.25) is 0 Å². The van der Waals surface area contributed by atoms with E-state index in [1.54, 1.807) is 29.9 Å². The molecule has 0 bridgehead atoms. The van der Waals surface area contributed by atoms with Crippen molar-refractivity contribution in [2.45, 2.75) is 18.7 Å². The molecule has 0 spiro atoms. The van der Waals surface area contributed by atoms with Crippen LogP contribution < -0.4 is 5.73 Å². The lowest BCUT2D eigenvalue weighted by molar-refractivity contribution is 0.602. The third-order valence-electron chi connectivity index (χ3n) is 3.26. The number of rotatable bonds is 2. The maximum absolute atomic E-state index is 11.7. The number of anilines is 1. The average molecular weight is 279 g/mol. The highest BCUT2D eigenvalue weighted by atomic mass is 32.2. The smallest absolute Gasteiger partial charge is 0.175 e. The van der Waals surface area contributed by atoms with Crippen LogP contribution in [-0.2, 0) is 16.9 Å². The van der Waals surface area contributed by atoms with Crippen molar-refractivity contribution in [1.29, 1.82) is 0 Å². The second-order valence-corrected chi connectivity index (χ2v) is 6.78. The quantitative estimate of drug-likeness (QED) is 0.907. The van der Waals surface area contributed by atoms with Gasteiger partial charge < -0.3 is 5.73 Å². The van der Waals surface area contributed by atoms with E-state index in [1.165, 1.54) is 6.26 Å². The van der Waals surface area contributed by atoms with Crippen molar-refractivity contribution in [3.05, 3.63) is 29.3 Å². The third-order valence-corrected chi connectivity index (χ3v) is 4.35. The average Bonchev–Trinajstić information content (AvgIpc) is 2.61. The first-order chi connectivity index (χ1) is 8.70. The molecule has 2 N–H and O–H groups in total. The molecular weight excluding hydrogens is 262 g/mol. The summed E-state index contributed by atoms with van der Waals surface area (Å²) in [6, 6.07) is 5.08. The Morgan fingerprint density at radius 3 is 2.32 bits per heavy atom. The molecule has 0 saturated heterocycles. The first kappa shape index (κ1) is 13.6. The molecule has 2 aromatic rings. The number of nitrogens with zero attached hydrogens (tertiary/aromatic N) is 2. The first-order valence-electron chi connectivity index (χ1n) is 5.81. The van der Waals surface area contributed by atoms with Crippen LogP contribution in [-0.4, -0.2) is 24.5 Å². The number of sulfone groups is 1. The lowest BCUT2D eigenvalue weighted by Gasteiger charge is -2.09. The van der Waals surface area contributed by atoms with Crippen molar-refractivity contribution in [2.75, 3.05) is 12.0 Å². The Bertz CT molecular complexity index is 726. The lowest BCUT2D eigenvalue weighted by atomic mass is 10.0. The normalized spacial score (nSPS) is 11.8. The van der Waals surface area contributed by atoms with Gasteiger partial charge in [-0.15, -0.1) is 0 Å². The van der Waals surface area contributed by atoms with E-state index in [0.717, 1.165) is 16.7 Å². The first-order valence-corrected chi connectivity index (χ1v) is 7.70. The molecule has 1 heterocycles. The number of aromatic nitrogens is 2. The highest BCUT2D eigenvalue weighted by molar-refractivity contribution is 7.90. The summed E-state index contributed by atoms with van der Waals surface area (Å²) < 4.78 is 25.0. The number of nitrogens with two attached hydrogens (primary N) is 1. The van der Waals surface area contributed by atoms with Crippen molar-refractivity contribution in [2.24, 2.45) is 7.05 Å². The molecule has 0 aliphatic rings. The summed E-state index contributed by atoms with van der Waals surface area (Å²) in [5, 5.41) is 4.30. The molecule has 102 valence electrons. The Morgan fingerprint density at radius 1 is 1.21 bits per heavy atom. The molecular formula is C13H17N3O2S. The summed E-state index contributed by atoms with van der Waals surface area (Å²) in [7, 11) is -1.49. The van der Waals surface area contributed by atoms with E-state index in [-0.39, 0.29) is 0 Å². The largest absolute Gasteiger partial charge is 0.384 e. The van der Waals surface area contributed by atoms with Crippen LogP contribution in [0.25, 0.3) is 11.3 Å². The Balaban J connectivity index is 2.73. The van der Waals surface area contributed by atoms with Gasteiger partial charge in [0, 0.05) is 24.9 Å². The minimum Gasteiger partial charge on any atom is -0.384 e. The second kappa shape index (κ2) is 4.38. The van der Waals surface area contributed by atoms with Crippen molar-refractivity contribution < 1.29 is 8.42 Å². The maximum atomic E-state index is 11.7. The van der Waals surface area contributed by atoms with E-state index in [4.69, 9.17) is 5.73 Å². The van der Waals surface area contributed by atoms with Crippen LogP contribution in [0.4, 0.5) is 5.82 Å². The Labute approximate surface area is 113 Å². The molecule has 2 rings (SSSR count). The molecule has 0 saturated carbocycles. The fourth-order valence-corrected chi connectivity index (χ4v) is 2.64. The van der Waals surface area contributed by atoms with Gasteiger partial charge in [-0.2, -0.15) is 5.10 Å². The molecule has 5 nitrogen and oxygen atoms in total. The SMILES string of the molecule is Cc1cc(S(C)(=O)=O)cc(-c2cc(N)n(C)n2)c1C. The van der Waals surface area contributed by atoms with E-state index in [0.29, 0.717) is 16.4 Å². The van der Waals surface area contributed by atoms with Crippen LogP contribution in [0.2, 0.25) is 0 Å². The van der Waals surface area contributed by atoms with Crippen molar-refractivity contribution in [3.63, 3.8) is 0 Å².